The van der Waals surface area contributed by atoms with Crippen LogP contribution < -0.4 is 5.43 Å². The summed E-state index contributed by atoms with van der Waals surface area (Å²) in [5.74, 6) is -0.202. The number of nitrogens with zero attached hydrogens (tertiary/aromatic N) is 1. The van der Waals surface area contributed by atoms with Crippen LogP contribution in [0, 0.1) is 20.8 Å². The van der Waals surface area contributed by atoms with Crippen molar-refractivity contribution < 1.29 is 4.79 Å². The van der Waals surface area contributed by atoms with Gasteiger partial charge in [-0.05, 0) is 44.0 Å². The molecule has 0 fully saturated rings. The van der Waals surface area contributed by atoms with E-state index in [1.54, 1.807) is 18.3 Å². The maximum absolute atomic E-state index is 11.9. The van der Waals surface area contributed by atoms with Gasteiger partial charge in [-0.3, -0.25) is 4.79 Å². The maximum atomic E-state index is 11.9. The van der Waals surface area contributed by atoms with Crippen LogP contribution >= 0.6 is 0 Å². The topological polar surface area (TPSA) is 41.5 Å². The van der Waals surface area contributed by atoms with Gasteiger partial charge in [0.05, 0.1) is 6.21 Å². The Labute approximate surface area is 119 Å². The van der Waals surface area contributed by atoms with E-state index in [1.165, 1.54) is 5.56 Å². The molecule has 0 heterocycles. The quantitative estimate of drug-likeness (QED) is 0.671. The van der Waals surface area contributed by atoms with E-state index in [-0.39, 0.29) is 5.91 Å². The minimum Gasteiger partial charge on any atom is -0.267 e. The van der Waals surface area contributed by atoms with Gasteiger partial charge in [0.15, 0.2) is 0 Å². The molecule has 1 N–H and O–H groups in total. The van der Waals surface area contributed by atoms with Crippen molar-refractivity contribution in [3.63, 3.8) is 0 Å². The maximum Gasteiger partial charge on any atom is 0.271 e. The van der Waals surface area contributed by atoms with Crippen molar-refractivity contribution in [2.24, 2.45) is 5.10 Å². The number of carbonyl (C=O) groups excluding carboxylic acids is 1. The molecule has 3 nitrogen and oxygen atoms in total. The number of hydrogen-bond acceptors (Lipinski definition) is 2. The molecular weight excluding hydrogens is 248 g/mol. The molecule has 0 bridgehead atoms. The molecular formula is C17H18N2O. The standard InChI is InChI=1S/C17H18N2O/c1-12-5-8-15(9-6-12)17(20)19-18-11-16-10-13(2)4-7-14(16)3/h4-11H,1-3H3,(H,19,20)/b18-11+. The minimum atomic E-state index is -0.202. The molecule has 2 aromatic carbocycles. The van der Waals surface area contributed by atoms with Gasteiger partial charge in [0, 0.05) is 5.56 Å². The van der Waals surface area contributed by atoms with Crippen LogP contribution in [0.25, 0.3) is 0 Å². The summed E-state index contributed by atoms with van der Waals surface area (Å²) >= 11 is 0. The fourth-order valence-corrected chi connectivity index (χ4v) is 1.83. The Bertz CT molecular complexity index is 643. The molecule has 102 valence electrons. The highest BCUT2D eigenvalue weighted by atomic mass is 16.2. The monoisotopic (exact) mass is 266 g/mol. The third kappa shape index (κ3) is 3.54. The number of amides is 1. The summed E-state index contributed by atoms with van der Waals surface area (Å²) < 4.78 is 0. The first-order valence-electron chi connectivity index (χ1n) is 6.53. The molecule has 0 atom stereocenters. The zero-order valence-corrected chi connectivity index (χ0v) is 12.0. The van der Waals surface area contributed by atoms with Gasteiger partial charge >= 0.3 is 0 Å². The molecule has 0 saturated carbocycles. The molecule has 3 heteroatoms. The van der Waals surface area contributed by atoms with E-state index in [2.05, 4.69) is 16.6 Å². The summed E-state index contributed by atoms with van der Waals surface area (Å²) in [6, 6.07) is 13.5. The van der Waals surface area contributed by atoms with Gasteiger partial charge in [-0.15, -0.1) is 0 Å². The number of nitrogens with one attached hydrogen (secondary N) is 1. The van der Waals surface area contributed by atoms with Crippen molar-refractivity contribution in [3.8, 4) is 0 Å². The van der Waals surface area contributed by atoms with Crippen molar-refractivity contribution in [2.75, 3.05) is 0 Å². The normalized spacial score (nSPS) is 10.8. The highest BCUT2D eigenvalue weighted by Gasteiger charge is 2.02. The first-order chi connectivity index (χ1) is 9.56. The Kier molecular flexibility index (Phi) is 4.31. The Morgan fingerprint density at radius 1 is 1.00 bits per heavy atom. The molecule has 0 unspecified atom stereocenters. The second kappa shape index (κ2) is 6.15. The smallest absolute Gasteiger partial charge is 0.267 e. The molecule has 0 radical (unpaired) electrons. The largest absolute Gasteiger partial charge is 0.271 e. The summed E-state index contributed by atoms with van der Waals surface area (Å²) in [5.41, 5.74) is 7.58. The number of aryl methyl sites for hydroxylation is 3. The highest BCUT2D eigenvalue weighted by Crippen LogP contribution is 2.08. The lowest BCUT2D eigenvalue weighted by atomic mass is 10.1. The summed E-state index contributed by atoms with van der Waals surface area (Å²) in [5, 5.41) is 4.02. The molecule has 0 aliphatic carbocycles. The predicted octanol–water partition coefficient (Wildman–Crippen LogP) is 3.38. The Morgan fingerprint density at radius 3 is 2.35 bits per heavy atom. The predicted molar refractivity (Wildman–Crippen MR) is 82.2 cm³/mol. The summed E-state index contributed by atoms with van der Waals surface area (Å²) in [6.45, 7) is 6.03. The van der Waals surface area contributed by atoms with Crippen LogP contribution in [0.1, 0.15) is 32.6 Å². The second-order valence-electron chi connectivity index (χ2n) is 4.93. The lowest BCUT2D eigenvalue weighted by molar-refractivity contribution is 0.0955. The Hall–Kier alpha value is -2.42. The van der Waals surface area contributed by atoms with Crippen molar-refractivity contribution in [2.45, 2.75) is 20.8 Å². The molecule has 0 aliphatic rings. The van der Waals surface area contributed by atoms with Crippen molar-refractivity contribution in [1.29, 1.82) is 0 Å². The van der Waals surface area contributed by atoms with E-state index in [4.69, 9.17) is 0 Å². The van der Waals surface area contributed by atoms with Crippen molar-refractivity contribution in [1.82, 2.24) is 5.43 Å². The van der Waals surface area contributed by atoms with Crippen LogP contribution in [-0.4, -0.2) is 12.1 Å². The number of rotatable bonds is 3. The minimum absolute atomic E-state index is 0.202. The van der Waals surface area contributed by atoms with Crippen molar-refractivity contribution in [3.05, 3.63) is 70.3 Å². The summed E-state index contributed by atoms with van der Waals surface area (Å²) in [7, 11) is 0. The van der Waals surface area contributed by atoms with Gasteiger partial charge in [0.25, 0.3) is 5.91 Å². The number of hydrogen-bond donors (Lipinski definition) is 1. The van der Waals surface area contributed by atoms with Crippen LogP contribution in [0.15, 0.2) is 47.6 Å². The first-order valence-corrected chi connectivity index (χ1v) is 6.53. The molecule has 0 saturated heterocycles. The van der Waals surface area contributed by atoms with Gasteiger partial charge in [0.2, 0.25) is 0 Å². The van der Waals surface area contributed by atoms with Crippen LogP contribution in [0.2, 0.25) is 0 Å². The Balaban J connectivity index is 2.04. The SMILES string of the molecule is Cc1ccc(C(=O)N/N=C/c2cc(C)ccc2C)cc1. The Morgan fingerprint density at radius 2 is 1.65 bits per heavy atom. The third-order valence-corrected chi connectivity index (χ3v) is 3.12. The van der Waals surface area contributed by atoms with Gasteiger partial charge in [-0.2, -0.15) is 5.10 Å². The zero-order valence-electron chi connectivity index (χ0n) is 12.0. The van der Waals surface area contributed by atoms with Crippen molar-refractivity contribution >= 4 is 12.1 Å². The number of hydrazone groups is 1. The van der Waals surface area contributed by atoms with Gasteiger partial charge < -0.3 is 0 Å². The molecule has 1 amide bonds. The molecule has 0 spiro atoms. The lowest BCUT2D eigenvalue weighted by Gasteiger charge is -2.02. The lowest BCUT2D eigenvalue weighted by Crippen LogP contribution is -2.17. The third-order valence-electron chi connectivity index (χ3n) is 3.12. The van der Waals surface area contributed by atoms with E-state index in [1.807, 2.05) is 45.0 Å². The van der Waals surface area contributed by atoms with Gasteiger partial charge in [-0.1, -0.05) is 41.5 Å². The average Bonchev–Trinajstić information content (AvgIpc) is 2.43. The van der Waals surface area contributed by atoms with E-state index in [0.717, 1.165) is 16.7 Å². The zero-order chi connectivity index (χ0) is 14.5. The van der Waals surface area contributed by atoms with E-state index in [0.29, 0.717) is 5.56 Å². The molecule has 20 heavy (non-hydrogen) atoms. The van der Waals surface area contributed by atoms with Crippen LogP contribution in [0.5, 0.6) is 0 Å². The first kappa shape index (κ1) is 14.0. The fraction of sp³-hybridized carbons (Fsp3) is 0.176. The molecule has 0 aliphatic heterocycles. The van der Waals surface area contributed by atoms with E-state index in [9.17, 15) is 4.79 Å². The van der Waals surface area contributed by atoms with Crippen LogP contribution in [0.4, 0.5) is 0 Å². The molecule has 2 rings (SSSR count). The van der Waals surface area contributed by atoms with E-state index < -0.39 is 0 Å². The highest BCUT2D eigenvalue weighted by molar-refractivity contribution is 5.95. The summed E-state index contributed by atoms with van der Waals surface area (Å²) in [4.78, 5) is 11.9. The van der Waals surface area contributed by atoms with Crippen LogP contribution in [-0.2, 0) is 0 Å². The van der Waals surface area contributed by atoms with E-state index >= 15 is 0 Å². The molecule has 0 aromatic heterocycles. The van der Waals surface area contributed by atoms with Crippen LogP contribution in [0.3, 0.4) is 0 Å². The number of benzene rings is 2. The molecule has 2 aromatic rings. The van der Waals surface area contributed by atoms with Gasteiger partial charge in [-0.25, -0.2) is 5.43 Å². The second-order valence-corrected chi connectivity index (χ2v) is 4.93. The van der Waals surface area contributed by atoms with Gasteiger partial charge in [0.1, 0.15) is 0 Å². The summed E-state index contributed by atoms with van der Waals surface area (Å²) in [6.07, 6.45) is 1.68. The average molecular weight is 266 g/mol. The number of carbonyl (C=O) groups is 1. The fourth-order valence-electron chi connectivity index (χ4n) is 1.83.